The molecule has 0 unspecified atom stereocenters. The molecule has 1 aromatic rings. The summed E-state index contributed by atoms with van der Waals surface area (Å²) in [5, 5.41) is 0.426. The second-order valence-electron chi connectivity index (χ2n) is 3.76. The normalized spacial score (nSPS) is 17.7. The number of hydrogen-bond acceptors (Lipinski definition) is 4. The van der Waals surface area contributed by atoms with E-state index in [9.17, 15) is 0 Å². The Hall–Kier alpha value is -1.03. The van der Waals surface area contributed by atoms with Crippen LogP contribution in [-0.4, -0.2) is 16.1 Å². The molecule has 0 spiro atoms. The minimum absolute atomic E-state index is 0.199. The summed E-state index contributed by atoms with van der Waals surface area (Å²) in [5.41, 5.74) is 5.47. The molecule has 0 aromatic carbocycles. The lowest BCUT2D eigenvalue weighted by molar-refractivity contribution is 0.149. The van der Waals surface area contributed by atoms with E-state index in [-0.39, 0.29) is 12.1 Å². The van der Waals surface area contributed by atoms with Gasteiger partial charge >= 0.3 is 0 Å². The van der Waals surface area contributed by atoms with Crippen LogP contribution in [0.15, 0.2) is 6.20 Å². The van der Waals surface area contributed by atoms with Gasteiger partial charge in [0.2, 0.25) is 11.8 Å². The van der Waals surface area contributed by atoms with Crippen molar-refractivity contribution in [3.63, 3.8) is 0 Å². The molecular formula is C10H14ClN3O. The summed E-state index contributed by atoms with van der Waals surface area (Å²) in [5.74, 6) is 0.612. The highest BCUT2D eigenvalue weighted by Gasteiger charge is 2.17. The second kappa shape index (κ2) is 4.66. The second-order valence-corrected chi connectivity index (χ2v) is 4.17. The molecule has 0 amide bonds. The summed E-state index contributed by atoms with van der Waals surface area (Å²) in [6.07, 6.45) is 7.55. The maximum absolute atomic E-state index is 5.91. The Balaban J connectivity index is 2.05. The largest absolute Gasteiger partial charge is 0.473 e. The van der Waals surface area contributed by atoms with E-state index in [1.807, 2.05) is 0 Å². The van der Waals surface area contributed by atoms with Crippen molar-refractivity contribution < 1.29 is 4.74 Å². The van der Waals surface area contributed by atoms with Crippen molar-refractivity contribution in [1.82, 2.24) is 9.97 Å². The predicted octanol–water partition coefficient (Wildman–Crippen LogP) is 2.42. The summed E-state index contributed by atoms with van der Waals surface area (Å²) >= 11 is 5.91. The van der Waals surface area contributed by atoms with Crippen LogP contribution in [-0.2, 0) is 0 Å². The lowest BCUT2D eigenvalue weighted by atomic mass is 9.98. The van der Waals surface area contributed by atoms with E-state index in [0.29, 0.717) is 10.9 Å². The monoisotopic (exact) mass is 227 g/mol. The molecule has 0 saturated heterocycles. The van der Waals surface area contributed by atoms with Gasteiger partial charge in [-0.25, -0.2) is 4.98 Å². The Labute approximate surface area is 93.8 Å². The Morgan fingerprint density at radius 2 is 2.07 bits per heavy atom. The van der Waals surface area contributed by atoms with E-state index in [2.05, 4.69) is 9.97 Å². The summed E-state index contributed by atoms with van der Waals surface area (Å²) in [6, 6.07) is 0. The van der Waals surface area contributed by atoms with Gasteiger partial charge in [-0.3, -0.25) is 0 Å². The van der Waals surface area contributed by atoms with Gasteiger partial charge in [0.1, 0.15) is 11.1 Å². The minimum atomic E-state index is 0.199. The third-order valence-electron chi connectivity index (χ3n) is 2.56. The van der Waals surface area contributed by atoms with E-state index >= 15 is 0 Å². The fourth-order valence-electron chi connectivity index (χ4n) is 1.79. The van der Waals surface area contributed by atoms with Crippen LogP contribution in [0.3, 0.4) is 0 Å². The van der Waals surface area contributed by atoms with Gasteiger partial charge in [-0.2, -0.15) is 4.98 Å². The molecule has 1 saturated carbocycles. The molecule has 82 valence electrons. The van der Waals surface area contributed by atoms with Crippen molar-refractivity contribution >= 4 is 17.5 Å². The molecule has 1 aliphatic carbocycles. The number of ether oxygens (including phenoxy) is 1. The molecule has 5 heteroatoms. The lowest BCUT2D eigenvalue weighted by Gasteiger charge is -2.22. The fraction of sp³-hybridized carbons (Fsp3) is 0.600. The number of anilines is 1. The molecule has 0 radical (unpaired) electrons. The van der Waals surface area contributed by atoms with Crippen molar-refractivity contribution in [1.29, 1.82) is 0 Å². The molecule has 4 nitrogen and oxygen atoms in total. The first kappa shape index (κ1) is 10.5. The third-order valence-corrected chi connectivity index (χ3v) is 2.82. The van der Waals surface area contributed by atoms with Crippen LogP contribution in [0.25, 0.3) is 0 Å². The van der Waals surface area contributed by atoms with Crippen LogP contribution in [0.1, 0.15) is 32.1 Å². The van der Waals surface area contributed by atoms with Crippen LogP contribution in [0, 0.1) is 0 Å². The fourth-order valence-corrected chi connectivity index (χ4v) is 1.92. The van der Waals surface area contributed by atoms with Gasteiger partial charge in [-0.15, -0.1) is 0 Å². The summed E-state index contributed by atoms with van der Waals surface area (Å²) in [4.78, 5) is 7.77. The molecule has 1 aliphatic rings. The van der Waals surface area contributed by atoms with E-state index < -0.39 is 0 Å². The van der Waals surface area contributed by atoms with Crippen molar-refractivity contribution in [2.45, 2.75) is 38.2 Å². The molecule has 1 aromatic heterocycles. The van der Waals surface area contributed by atoms with E-state index in [1.165, 1.54) is 25.5 Å². The van der Waals surface area contributed by atoms with Gasteiger partial charge in [0, 0.05) is 0 Å². The number of hydrogen-bond donors (Lipinski definition) is 1. The first-order valence-electron chi connectivity index (χ1n) is 5.20. The average Bonchev–Trinajstić information content (AvgIpc) is 2.25. The number of nitrogens with zero attached hydrogens (tertiary/aromatic N) is 2. The summed E-state index contributed by atoms with van der Waals surface area (Å²) in [7, 11) is 0. The highest BCUT2D eigenvalue weighted by molar-refractivity contribution is 6.31. The van der Waals surface area contributed by atoms with Gasteiger partial charge in [0.05, 0.1) is 6.20 Å². The number of nitrogens with two attached hydrogens (primary N) is 1. The van der Waals surface area contributed by atoms with E-state index in [4.69, 9.17) is 22.1 Å². The third kappa shape index (κ3) is 2.72. The van der Waals surface area contributed by atoms with Crippen molar-refractivity contribution in [3.8, 4) is 5.88 Å². The maximum Gasteiger partial charge on any atom is 0.237 e. The van der Waals surface area contributed by atoms with Gasteiger partial charge < -0.3 is 10.5 Å². The zero-order valence-corrected chi connectivity index (χ0v) is 9.20. The van der Waals surface area contributed by atoms with Crippen molar-refractivity contribution in [2.24, 2.45) is 0 Å². The van der Waals surface area contributed by atoms with Crippen LogP contribution in [0.2, 0.25) is 5.02 Å². The molecule has 1 fully saturated rings. The van der Waals surface area contributed by atoms with E-state index in [1.54, 1.807) is 0 Å². The summed E-state index contributed by atoms with van der Waals surface area (Å²) in [6.45, 7) is 0. The van der Waals surface area contributed by atoms with Crippen LogP contribution >= 0.6 is 11.6 Å². The van der Waals surface area contributed by atoms with Crippen molar-refractivity contribution in [2.75, 3.05) is 5.73 Å². The predicted molar refractivity (Wildman–Crippen MR) is 59.0 cm³/mol. The molecule has 0 bridgehead atoms. The first-order chi connectivity index (χ1) is 7.25. The topological polar surface area (TPSA) is 61.0 Å². The van der Waals surface area contributed by atoms with E-state index in [0.717, 1.165) is 12.8 Å². The van der Waals surface area contributed by atoms with Crippen LogP contribution in [0.5, 0.6) is 5.88 Å². The minimum Gasteiger partial charge on any atom is -0.473 e. The number of rotatable bonds is 2. The Morgan fingerprint density at radius 3 is 2.80 bits per heavy atom. The zero-order chi connectivity index (χ0) is 10.7. The first-order valence-corrected chi connectivity index (χ1v) is 5.58. The highest BCUT2D eigenvalue weighted by atomic mass is 35.5. The highest BCUT2D eigenvalue weighted by Crippen LogP contribution is 2.27. The summed E-state index contributed by atoms with van der Waals surface area (Å²) < 4.78 is 5.70. The quantitative estimate of drug-likeness (QED) is 0.843. The molecule has 2 N–H and O–H groups in total. The smallest absolute Gasteiger partial charge is 0.237 e. The molecule has 0 atom stereocenters. The molecule has 1 heterocycles. The average molecular weight is 228 g/mol. The molecule has 15 heavy (non-hydrogen) atoms. The maximum atomic E-state index is 5.91. The van der Waals surface area contributed by atoms with Crippen LogP contribution in [0.4, 0.5) is 5.95 Å². The van der Waals surface area contributed by atoms with Crippen LogP contribution < -0.4 is 10.5 Å². The lowest BCUT2D eigenvalue weighted by Crippen LogP contribution is -2.20. The van der Waals surface area contributed by atoms with Gasteiger partial charge in [0.15, 0.2) is 0 Å². The molecular weight excluding hydrogens is 214 g/mol. The zero-order valence-electron chi connectivity index (χ0n) is 8.45. The number of aromatic nitrogens is 2. The SMILES string of the molecule is Nc1ncc(Cl)c(OC2CCCCC2)n1. The Morgan fingerprint density at radius 1 is 1.33 bits per heavy atom. The molecule has 0 aliphatic heterocycles. The van der Waals surface area contributed by atoms with Gasteiger partial charge in [-0.05, 0) is 25.7 Å². The standard InChI is InChI=1S/C10H14ClN3O/c11-8-6-13-10(12)14-9(8)15-7-4-2-1-3-5-7/h6-7H,1-5H2,(H2,12,13,14). The van der Waals surface area contributed by atoms with Crippen molar-refractivity contribution in [3.05, 3.63) is 11.2 Å². The van der Waals surface area contributed by atoms with Gasteiger partial charge in [0.25, 0.3) is 0 Å². The number of halogens is 1. The molecule has 2 rings (SSSR count). The Bertz CT molecular complexity index is 339. The Kier molecular flexibility index (Phi) is 3.26. The number of nitrogen functional groups attached to an aromatic ring is 1. The van der Waals surface area contributed by atoms with Gasteiger partial charge in [-0.1, -0.05) is 18.0 Å².